The van der Waals surface area contributed by atoms with Gasteiger partial charge in [0.2, 0.25) is 5.95 Å². The van der Waals surface area contributed by atoms with Crippen LogP contribution in [-0.4, -0.2) is 48.6 Å². The molecule has 0 spiro atoms. The fourth-order valence-electron chi connectivity index (χ4n) is 4.81. The van der Waals surface area contributed by atoms with Crippen LogP contribution in [0.5, 0.6) is 0 Å². The smallest absolute Gasteiger partial charge is 0.256 e. The lowest BCUT2D eigenvalue weighted by molar-refractivity contribution is 0.127. The molecule has 0 bridgehead atoms. The van der Waals surface area contributed by atoms with Crippen molar-refractivity contribution in [3.8, 4) is 11.3 Å². The van der Waals surface area contributed by atoms with Gasteiger partial charge in [0.05, 0.1) is 12.2 Å². The summed E-state index contributed by atoms with van der Waals surface area (Å²) in [6.07, 6.45) is 3.92. The van der Waals surface area contributed by atoms with Crippen LogP contribution in [0.25, 0.3) is 27.9 Å². The lowest BCUT2D eigenvalue weighted by Crippen LogP contribution is -2.30. The zero-order valence-electron chi connectivity index (χ0n) is 19.9. The maximum absolute atomic E-state index is 13.1. The van der Waals surface area contributed by atoms with Crippen molar-refractivity contribution < 1.29 is 8.78 Å². The van der Waals surface area contributed by atoms with E-state index in [-0.39, 0.29) is 0 Å². The van der Waals surface area contributed by atoms with Crippen LogP contribution < -0.4 is 10.6 Å². The molecule has 1 aliphatic carbocycles. The molecule has 1 fully saturated rings. The maximum atomic E-state index is 13.1. The number of imidazole rings is 1. The van der Waals surface area contributed by atoms with Gasteiger partial charge in [-0.05, 0) is 56.2 Å². The van der Waals surface area contributed by atoms with Crippen LogP contribution in [0.4, 0.5) is 20.5 Å². The number of alkyl halides is 2. The monoisotopic (exact) mass is 468 g/mol. The molecular weight excluding hydrogens is 438 g/mol. The largest absolute Gasteiger partial charge is 0.371 e. The molecule has 180 valence electrons. The van der Waals surface area contributed by atoms with Crippen molar-refractivity contribution in [2.24, 2.45) is 5.41 Å². The van der Waals surface area contributed by atoms with E-state index in [9.17, 15) is 8.78 Å². The van der Waals surface area contributed by atoms with Crippen molar-refractivity contribution >= 4 is 28.4 Å². The number of rotatable bonds is 6. The van der Waals surface area contributed by atoms with Gasteiger partial charge in [0, 0.05) is 24.8 Å². The van der Waals surface area contributed by atoms with Crippen LogP contribution in [0.1, 0.15) is 45.4 Å². The van der Waals surface area contributed by atoms with E-state index in [0.717, 1.165) is 23.9 Å². The van der Waals surface area contributed by atoms with E-state index in [1.807, 2.05) is 31.4 Å². The van der Waals surface area contributed by atoms with Gasteiger partial charge in [-0.15, -0.1) is 5.10 Å². The van der Waals surface area contributed by atoms with Crippen LogP contribution in [-0.2, 0) is 6.54 Å². The predicted molar refractivity (Wildman–Crippen MR) is 129 cm³/mol. The normalized spacial score (nSPS) is 16.6. The molecule has 0 aliphatic heterocycles. The van der Waals surface area contributed by atoms with Crippen LogP contribution in [0.3, 0.4) is 0 Å². The van der Waals surface area contributed by atoms with Gasteiger partial charge in [0.1, 0.15) is 16.9 Å². The van der Waals surface area contributed by atoms with Gasteiger partial charge >= 0.3 is 0 Å². The number of fused-ring (bicyclic) bond motifs is 2. The molecule has 0 saturated heterocycles. The van der Waals surface area contributed by atoms with Gasteiger partial charge in [-0.25, -0.2) is 23.3 Å². The summed E-state index contributed by atoms with van der Waals surface area (Å²) in [6, 6.07) is 5.95. The molecule has 4 heterocycles. The summed E-state index contributed by atoms with van der Waals surface area (Å²) in [5.41, 5.74) is 3.69. The van der Waals surface area contributed by atoms with E-state index in [4.69, 9.17) is 15.1 Å². The predicted octanol–water partition coefficient (Wildman–Crippen LogP) is 5.14. The van der Waals surface area contributed by atoms with Crippen molar-refractivity contribution in [1.82, 2.24) is 29.1 Å². The van der Waals surface area contributed by atoms with Gasteiger partial charge in [-0.3, -0.25) is 0 Å². The molecular formula is C24H30F2N8. The summed E-state index contributed by atoms with van der Waals surface area (Å²) >= 11 is 0. The third-order valence-corrected chi connectivity index (χ3v) is 6.80. The average Bonchev–Trinajstić information content (AvgIpc) is 3.35. The number of anilines is 2. The molecule has 0 aromatic carbocycles. The highest BCUT2D eigenvalue weighted by molar-refractivity contribution is 5.89. The minimum atomic E-state index is -2.48. The standard InChI is InChI=1S/C24H30F2N8/c1-14-28-18-6-5-17(30-22(18)33(14)13-19(25)26)16-9-12-34-20(16)21(27-4)31-23(32-34)29-15-7-10-24(2,3)11-8-15/h5-6,9,12,15,19H,7-8,10-11,13H2,1-4H3,(H2,27,29,31,32). The summed E-state index contributed by atoms with van der Waals surface area (Å²) in [5, 5.41) is 11.4. The van der Waals surface area contributed by atoms with Crippen LogP contribution in [0.15, 0.2) is 24.4 Å². The first-order valence-electron chi connectivity index (χ1n) is 11.7. The number of nitrogens with zero attached hydrogens (tertiary/aromatic N) is 6. The van der Waals surface area contributed by atoms with E-state index in [1.54, 1.807) is 11.4 Å². The van der Waals surface area contributed by atoms with Crippen molar-refractivity contribution in [2.75, 3.05) is 17.7 Å². The minimum Gasteiger partial charge on any atom is -0.371 e. The highest BCUT2D eigenvalue weighted by atomic mass is 19.3. The number of hydrogen-bond donors (Lipinski definition) is 2. The molecule has 1 aliphatic rings. The Morgan fingerprint density at radius 3 is 2.59 bits per heavy atom. The van der Waals surface area contributed by atoms with E-state index >= 15 is 0 Å². The van der Waals surface area contributed by atoms with Crippen LogP contribution >= 0.6 is 0 Å². The van der Waals surface area contributed by atoms with Gasteiger partial charge in [0.15, 0.2) is 11.5 Å². The van der Waals surface area contributed by atoms with Gasteiger partial charge in [-0.1, -0.05) is 13.8 Å². The molecule has 2 N–H and O–H groups in total. The van der Waals surface area contributed by atoms with E-state index in [0.29, 0.717) is 45.9 Å². The molecule has 0 atom stereocenters. The fraction of sp³-hybridized carbons (Fsp3) is 0.500. The average molecular weight is 469 g/mol. The van der Waals surface area contributed by atoms with E-state index in [1.165, 1.54) is 17.4 Å². The fourth-order valence-corrected chi connectivity index (χ4v) is 4.81. The molecule has 0 radical (unpaired) electrons. The zero-order chi connectivity index (χ0) is 24.0. The van der Waals surface area contributed by atoms with Gasteiger partial charge in [-0.2, -0.15) is 4.98 Å². The second-order valence-electron chi connectivity index (χ2n) is 9.84. The van der Waals surface area contributed by atoms with Crippen molar-refractivity contribution in [3.05, 3.63) is 30.2 Å². The van der Waals surface area contributed by atoms with Crippen LogP contribution in [0.2, 0.25) is 0 Å². The van der Waals surface area contributed by atoms with E-state index in [2.05, 4.69) is 29.5 Å². The Labute approximate surface area is 196 Å². The quantitative estimate of drug-likeness (QED) is 0.408. The molecule has 0 amide bonds. The number of hydrogen-bond acceptors (Lipinski definition) is 6. The summed E-state index contributed by atoms with van der Waals surface area (Å²) in [4.78, 5) is 13.8. The van der Waals surface area contributed by atoms with Crippen molar-refractivity contribution in [1.29, 1.82) is 0 Å². The first-order valence-corrected chi connectivity index (χ1v) is 11.7. The third-order valence-electron chi connectivity index (χ3n) is 6.80. The molecule has 5 rings (SSSR count). The summed E-state index contributed by atoms with van der Waals surface area (Å²) in [7, 11) is 1.82. The second-order valence-corrected chi connectivity index (χ2v) is 9.84. The Morgan fingerprint density at radius 2 is 1.88 bits per heavy atom. The number of aromatic nitrogens is 6. The Morgan fingerprint density at radius 1 is 1.12 bits per heavy atom. The van der Waals surface area contributed by atoms with E-state index < -0.39 is 13.0 Å². The molecule has 8 nitrogen and oxygen atoms in total. The SMILES string of the molecule is CNc1nc(NC2CCC(C)(C)CC2)nn2ccc(-c3ccc4nc(C)n(CC(F)F)c4n3)c12. The molecule has 1 saturated carbocycles. The molecule has 4 aromatic rings. The second kappa shape index (κ2) is 8.48. The molecule has 0 unspecified atom stereocenters. The minimum absolute atomic E-state index is 0.354. The Bertz CT molecular complexity index is 1330. The topological polar surface area (TPSA) is 85.0 Å². The first-order chi connectivity index (χ1) is 16.2. The Balaban J connectivity index is 1.51. The third kappa shape index (κ3) is 4.17. The number of nitrogens with one attached hydrogen (secondary N) is 2. The lowest BCUT2D eigenvalue weighted by Gasteiger charge is -2.34. The summed E-state index contributed by atoms with van der Waals surface area (Å²) in [5.74, 6) is 1.77. The molecule has 10 heteroatoms. The summed E-state index contributed by atoms with van der Waals surface area (Å²) < 4.78 is 29.5. The number of aryl methyl sites for hydroxylation is 1. The highest BCUT2D eigenvalue weighted by Gasteiger charge is 2.27. The number of halogens is 2. The van der Waals surface area contributed by atoms with Gasteiger partial charge < -0.3 is 15.2 Å². The van der Waals surface area contributed by atoms with Crippen molar-refractivity contribution in [3.63, 3.8) is 0 Å². The van der Waals surface area contributed by atoms with Crippen molar-refractivity contribution in [2.45, 2.75) is 65.5 Å². The molecule has 34 heavy (non-hydrogen) atoms. The lowest BCUT2D eigenvalue weighted by atomic mass is 9.76. The summed E-state index contributed by atoms with van der Waals surface area (Å²) in [6.45, 7) is 5.92. The Kier molecular flexibility index (Phi) is 5.61. The van der Waals surface area contributed by atoms with Crippen LogP contribution in [0, 0.1) is 12.3 Å². The maximum Gasteiger partial charge on any atom is 0.256 e. The number of pyridine rings is 1. The van der Waals surface area contributed by atoms with Gasteiger partial charge in [0.25, 0.3) is 6.43 Å². The first kappa shape index (κ1) is 22.5. The Hall–Kier alpha value is -3.30. The highest BCUT2D eigenvalue weighted by Crippen LogP contribution is 2.36. The zero-order valence-corrected chi connectivity index (χ0v) is 19.9. The molecule has 4 aromatic heterocycles.